The molecule has 4 nitrogen and oxygen atoms in total. The molecule has 0 amide bonds. The zero-order chi connectivity index (χ0) is 16.8. The van der Waals surface area contributed by atoms with Crippen molar-refractivity contribution in [1.29, 1.82) is 0 Å². The van der Waals surface area contributed by atoms with Crippen molar-refractivity contribution in [2.75, 3.05) is 23.4 Å². The van der Waals surface area contributed by atoms with Crippen LogP contribution in [0.2, 0.25) is 0 Å². The first-order valence-electron chi connectivity index (χ1n) is 7.91. The molecule has 1 aliphatic rings. The molecular weight excluding hydrogens is 328 g/mol. The first-order valence-corrected chi connectivity index (χ1v) is 9.48. The Labute approximate surface area is 147 Å². The standard InChI is InChI=1S/C17H24N2O2S2/c1-12(2)10-14(18-13-6-4-3-5-7-13)16(22)19-8-9-23-11-15(19)17(20)21/h3-7,12,14-15,18H,8-11H2,1-2H3,(H,20,21). The van der Waals surface area contributed by atoms with Crippen LogP contribution in [0.25, 0.3) is 0 Å². The van der Waals surface area contributed by atoms with Crippen molar-refractivity contribution in [1.82, 2.24) is 4.90 Å². The number of rotatable bonds is 6. The number of thiocarbonyl (C=S) groups is 1. The molecule has 0 saturated carbocycles. The maximum atomic E-state index is 11.5. The van der Waals surface area contributed by atoms with E-state index in [4.69, 9.17) is 12.2 Å². The molecule has 1 aliphatic heterocycles. The van der Waals surface area contributed by atoms with Gasteiger partial charge in [0.05, 0.1) is 6.04 Å². The summed E-state index contributed by atoms with van der Waals surface area (Å²) >= 11 is 7.38. The van der Waals surface area contributed by atoms with Gasteiger partial charge in [0.15, 0.2) is 0 Å². The van der Waals surface area contributed by atoms with Gasteiger partial charge >= 0.3 is 5.97 Å². The molecule has 1 aromatic rings. The summed E-state index contributed by atoms with van der Waals surface area (Å²) in [6, 6.07) is 9.41. The van der Waals surface area contributed by atoms with Gasteiger partial charge in [-0.3, -0.25) is 0 Å². The lowest BCUT2D eigenvalue weighted by molar-refractivity contribution is -0.141. The zero-order valence-corrected chi connectivity index (χ0v) is 15.2. The first-order chi connectivity index (χ1) is 11.0. The van der Waals surface area contributed by atoms with Crippen LogP contribution in [-0.2, 0) is 4.79 Å². The zero-order valence-electron chi connectivity index (χ0n) is 13.6. The van der Waals surface area contributed by atoms with Gasteiger partial charge in [-0.05, 0) is 24.5 Å². The number of benzene rings is 1. The predicted octanol–water partition coefficient (Wildman–Crippen LogP) is 3.34. The summed E-state index contributed by atoms with van der Waals surface area (Å²) in [5, 5.41) is 13.0. The fraction of sp³-hybridized carbons (Fsp3) is 0.529. The van der Waals surface area contributed by atoms with E-state index in [9.17, 15) is 9.90 Å². The highest BCUT2D eigenvalue weighted by Gasteiger charge is 2.33. The number of nitrogens with one attached hydrogen (secondary N) is 1. The Morgan fingerprint density at radius 1 is 1.43 bits per heavy atom. The molecule has 2 N–H and O–H groups in total. The molecule has 0 bridgehead atoms. The maximum absolute atomic E-state index is 11.5. The molecule has 6 heteroatoms. The van der Waals surface area contributed by atoms with Crippen LogP contribution in [0, 0.1) is 5.92 Å². The van der Waals surface area contributed by atoms with Crippen LogP contribution in [0.15, 0.2) is 30.3 Å². The second-order valence-electron chi connectivity index (χ2n) is 6.15. The molecule has 1 aromatic carbocycles. The van der Waals surface area contributed by atoms with Crippen molar-refractivity contribution in [3.8, 4) is 0 Å². The Balaban J connectivity index is 2.16. The number of aliphatic carboxylic acids is 1. The van der Waals surface area contributed by atoms with E-state index in [1.54, 1.807) is 11.8 Å². The van der Waals surface area contributed by atoms with Crippen molar-refractivity contribution in [3.05, 3.63) is 30.3 Å². The summed E-state index contributed by atoms with van der Waals surface area (Å²) in [5.41, 5.74) is 1.01. The topological polar surface area (TPSA) is 52.6 Å². The molecule has 23 heavy (non-hydrogen) atoms. The number of thioether (sulfide) groups is 1. The van der Waals surface area contributed by atoms with E-state index in [1.807, 2.05) is 35.2 Å². The van der Waals surface area contributed by atoms with E-state index in [0.29, 0.717) is 18.2 Å². The molecule has 1 fully saturated rings. The number of para-hydroxylation sites is 1. The summed E-state index contributed by atoms with van der Waals surface area (Å²) in [7, 11) is 0. The normalized spacial score (nSPS) is 19.4. The van der Waals surface area contributed by atoms with Crippen LogP contribution in [0.5, 0.6) is 0 Å². The molecular formula is C17H24N2O2S2. The summed E-state index contributed by atoms with van der Waals surface area (Å²) in [5.74, 6) is 1.19. The molecule has 1 heterocycles. The van der Waals surface area contributed by atoms with E-state index in [1.165, 1.54) is 0 Å². The van der Waals surface area contributed by atoms with Crippen molar-refractivity contribution in [2.24, 2.45) is 5.92 Å². The number of carboxylic acid groups (broad SMARTS) is 1. The van der Waals surface area contributed by atoms with Gasteiger partial charge in [0.2, 0.25) is 0 Å². The van der Waals surface area contributed by atoms with Crippen molar-refractivity contribution < 1.29 is 9.90 Å². The van der Waals surface area contributed by atoms with E-state index >= 15 is 0 Å². The van der Waals surface area contributed by atoms with Gasteiger partial charge in [0.25, 0.3) is 0 Å². The second-order valence-corrected chi connectivity index (χ2v) is 7.72. The Morgan fingerprint density at radius 3 is 2.74 bits per heavy atom. The highest BCUT2D eigenvalue weighted by molar-refractivity contribution is 7.99. The molecule has 0 spiro atoms. The monoisotopic (exact) mass is 352 g/mol. The Morgan fingerprint density at radius 2 is 2.13 bits per heavy atom. The van der Waals surface area contributed by atoms with Crippen molar-refractivity contribution in [2.45, 2.75) is 32.4 Å². The van der Waals surface area contributed by atoms with Gasteiger partial charge in [-0.15, -0.1) is 0 Å². The lowest BCUT2D eigenvalue weighted by atomic mass is 10.0. The number of hydrogen-bond acceptors (Lipinski definition) is 4. The van der Waals surface area contributed by atoms with Crippen LogP contribution in [-0.4, -0.2) is 51.1 Å². The molecule has 0 aromatic heterocycles. The van der Waals surface area contributed by atoms with Crippen LogP contribution >= 0.6 is 24.0 Å². The van der Waals surface area contributed by atoms with Crippen molar-refractivity contribution in [3.63, 3.8) is 0 Å². The average molecular weight is 353 g/mol. The minimum absolute atomic E-state index is 0.0302. The largest absolute Gasteiger partial charge is 0.480 e. The highest BCUT2D eigenvalue weighted by atomic mass is 32.2. The fourth-order valence-electron chi connectivity index (χ4n) is 2.70. The predicted molar refractivity (Wildman–Crippen MR) is 101 cm³/mol. The van der Waals surface area contributed by atoms with Gasteiger partial charge in [-0.25, -0.2) is 4.79 Å². The average Bonchev–Trinajstić information content (AvgIpc) is 2.54. The van der Waals surface area contributed by atoms with Crippen LogP contribution in [0.1, 0.15) is 20.3 Å². The molecule has 126 valence electrons. The number of nitrogens with zero attached hydrogens (tertiary/aromatic N) is 1. The fourth-order valence-corrected chi connectivity index (χ4v) is 4.11. The van der Waals surface area contributed by atoms with Gasteiger partial charge in [-0.2, -0.15) is 11.8 Å². The number of anilines is 1. The van der Waals surface area contributed by atoms with E-state index in [2.05, 4.69) is 19.2 Å². The smallest absolute Gasteiger partial charge is 0.327 e. The van der Waals surface area contributed by atoms with Gasteiger partial charge in [0, 0.05) is 23.7 Å². The van der Waals surface area contributed by atoms with Crippen molar-refractivity contribution >= 4 is 40.6 Å². The van der Waals surface area contributed by atoms with E-state index in [0.717, 1.165) is 22.8 Å². The number of hydrogen-bond donors (Lipinski definition) is 2. The summed E-state index contributed by atoms with van der Waals surface area (Å²) in [6.07, 6.45) is 0.879. The third-order valence-corrected chi connectivity index (χ3v) is 5.36. The van der Waals surface area contributed by atoms with Crippen LogP contribution < -0.4 is 5.32 Å². The summed E-state index contributed by atoms with van der Waals surface area (Å²) in [4.78, 5) is 14.2. The Kier molecular flexibility index (Phi) is 6.72. The lowest BCUT2D eigenvalue weighted by Crippen LogP contribution is -2.54. The van der Waals surface area contributed by atoms with E-state index in [-0.39, 0.29) is 6.04 Å². The minimum atomic E-state index is -0.789. The molecule has 2 rings (SSSR count). The Hall–Kier alpha value is -1.27. The minimum Gasteiger partial charge on any atom is -0.480 e. The van der Waals surface area contributed by atoms with E-state index < -0.39 is 12.0 Å². The lowest BCUT2D eigenvalue weighted by Gasteiger charge is -2.38. The highest BCUT2D eigenvalue weighted by Crippen LogP contribution is 2.22. The summed E-state index contributed by atoms with van der Waals surface area (Å²) < 4.78 is 0. The van der Waals surface area contributed by atoms with Crippen LogP contribution in [0.3, 0.4) is 0 Å². The Bertz CT molecular complexity index is 537. The number of carboxylic acids is 1. The van der Waals surface area contributed by atoms with Crippen LogP contribution in [0.4, 0.5) is 5.69 Å². The number of carbonyl (C=O) groups is 1. The quantitative estimate of drug-likeness (QED) is 0.766. The van der Waals surface area contributed by atoms with Gasteiger partial charge in [0.1, 0.15) is 11.0 Å². The first kappa shape index (κ1) is 18.1. The second kappa shape index (κ2) is 8.55. The maximum Gasteiger partial charge on any atom is 0.327 e. The molecule has 0 radical (unpaired) electrons. The molecule has 0 aliphatic carbocycles. The third-order valence-electron chi connectivity index (χ3n) is 3.82. The molecule has 2 unspecified atom stereocenters. The SMILES string of the molecule is CC(C)CC(Nc1ccccc1)C(=S)N1CCSCC1C(=O)O. The molecule has 1 saturated heterocycles. The van der Waals surface area contributed by atoms with Gasteiger partial charge < -0.3 is 15.3 Å². The molecule has 2 atom stereocenters. The summed E-state index contributed by atoms with van der Waals surface area (Å²) in [6.45, 7) is 5.01. The van der Waals surface area contributed by atoms with Gasteiger partial charge in [-0.1, -0.05) is 44.3 Å². The third kappa shape index (κ3) is 5.11.